The SMILES string of the molecule is C#CCOCCOCCOCCNc1nc(N2CCN(C(=O)Cn3cc(CC(C)O)nn3)CC2)nc(N2CCN(C(=O)Cn3cc(CC(C)O)nn3)CC2)n1. The predicted molar refractivity (Wildman–Crippen MR) is 198 cm³/mol. The number of nitrogens with one attached hydrogen (secondary N) is 1. The molecule has 0 saturated carbocycles. The third kappa shape index (κ3) is 13.4. The molecule has 55 heavy (non-hydrogen) atoms. The van der Waals surface area contributed by atoms with E-state index in [0.717, 1.165) is 0 Å². The van der Waals surface area contributed by atoms with Crippen molar-refractivity contribution in [3.63, 3.8) is 0 Å². The van der Waals surface area contributed by atoms with Gasteiger partial charge in [0, 0.05) is 84.1 Å². The molecular formula is C34H52N14O7. The Labute approximate surface area is 319 Å². The first-order valence-corrected chi connectivity index (χ1v) is 18.5. The molecule has 2 saturated heterocycles. The van der Waals surface area contributed by atoms with Crippen molar-refractivity contribution in [2.24, 2.45) is 0 Å². The largest absolute Gasteiger partial charge is 0.393 e. The summed E-state index contributed by atoms with van der Waals surface area (Å²) in [4.78, 5) is 48.1. The lowest BCUT2D eigenvalue weighted by Gasteiger charge is -2.36. The molecule has 2 amide bonds. The summed E-state index contributed by atoms with van der Waals surface area (Å²) < 4.78 is 19.3. The van der Waals surface area contributed by atoms with E-state index in [2.05, 4.69) is 31.9 Å². The van der Waals surface area contributed by atoms with Crippen molar-refractivity contribution in [2.75, 3.05) is 114 Å². The van der Waals surface area contributed by atoms with Crippen molar-refractivity contribution in [3.05, 3.63) is 23.8 Å². The number of aliphatic hydroxyl groups is 2. The second-order valence-corrected chi connectivity index (χ2v) is 13.3. The first-order valence-electron chi connectivity index (χ1n) is 18.5. The molecule has 5 heterocycles. The summed E-state index contributed by atoms with van der Waals surface area (Å²) in [5.74, 6) is 3.61. The highest BCUT2D eigenvalue weighted by molar-refractivity contribution is 5.76. The standard InChI is InChI=1S/C34H52N14O7/c1-4-14-53-16-18-55-19-17-54-15-5-35-32-36-33(45-10-6-43(7-11-45)30(51)24-47-22-28(39-41-47)20-26(2)49)38-34(37-32)46-12-8-44(9-13-46)31(52)25-48-23-29(40-42-48)21-27(3)50/h1,22-23,26-27,49-50H,5-21,24-25H2,2-3H3,(H,35,36,37,38). The van der Waals surface area contributed by atoms with E-state index in [1.165, 1.54) is 9.36 Å². The van der Waals surface area contributed by atoms with Gasteiger partial charge in [-0.15, -0.1) is 16.6 Å². The molecule has 0 bridgehead atoms. The van der Waals surface area contributed by atoms with E-state index in [-0.39, 0.29) is 31.5 Å². The minimum Gasteiger partial charge on any atom is -0.393 e. The van der Waals surface area contributed by atoms with Gasteiger partial charge in [-0.05, 0) is 13.8 Å². The van der Waals surface area contributed by atoms with Crippen molar-refractivity contribution in [2.45, 2.75) is 52.0 Å². The molecule has 3 aromatic heterocycles. The highest BCUT2D eigenvalue weighted by Crippen LogP contribution is 2.20. The highest BCUT2D eigenvalue weighted by atomic mass is 16.5. The molecule has 21 nitrogen and oxygen atoms in total. The molecule has 2 aliphatic heterocycles. The Bertz CT molecular complexity index is 1580. The van der Waals surface area contributed by atoms with Crippen molar-refractivity contribution in [1.29, 1.82) is 0 Å². The van der Waals surface area contributed by atoms with E-state index in [0.29, 0.717) is 134 Å². The third-order valence-electron chi connectivity index (χ3n) is 8.68. The van der Waals surface area contributed by atoms with Crippen LogP contribution in [0.25, 0.3) is 0 Å². The Balaban J connectivity index is 1.15. The van der Waals surface area contributed by atoms with Crippen LogP contribution in [0.3, 0.4) is 0 Å². The van der Waals surface area contributed by atoms with Gasteiger partial charge in [-0.3, -0.25) is 9.59 Å². The molecule has 300 valence electrons. The summed E-state index contributed by atoms with van der Waals surface area (Å²) >= 11 is 0. The van der Waals surface area contributed by atoms with Gasteiger partial charge in [-0.2, -0.15) is 15.0 Å². The number of nitrogens with zero attached hydrogens (tertiary/aromatic N) is 13. The van der Waals surface area contributed by atoms with Gasteiger partial charge in [0.05, 0.1) is 56.6 Å². The first kappa shape index (κ1) is 41.2. The van der Waals surface area contributed by atoms with Crippen LogP contribution in [0.15, 0.2) is 12.4 Å². The van der Waals surface area contributed by atoms with Crippen LogP contribution in [0, 0.1) is 12.3 Å². The Hall–Kier alpha value is -5.01. The number of terminal acetylenes is 1. The smallest absolute Gasteiger partial charge is 0.244 e. The van der Waals surface area contributed by atoms with E-state index < -0.39 is 12.2 Å². The van der Waals surface area contributed by atoms with Crippen LogP contribution in [-0.2, 0) is 49.7 Å². The minimum atomic E-state index is -0.544. The maximum Gasteiger partial charge on any atom is 0.244 e. The van der Waals surface area contributed by atoms with Crippen LogP contribution < -0.4 is 15.1 Å². The zero-order valence-electron chi connectivity index (χ0n) is 31.6. The fourth-order valence-electron chi connectivity index (χ4n) is 5.93. The van der Waals surface area contributed by atoms with Gasteiger partial charge < -0.3 is 49.3 Å². The normalized spacial score (nSPS) is 15.9. The lowest BCUT2D eigenvalue weighted by atomic mass is 10.2. The van der Waals surface area contributed by atoms with Gasteiger partial charge >= 0.3 is 0 Å². The lowest BCUT2D eigenvalue weighted by molar-refractivity contribution is -0.133. The maximum absolute atomic E-state index is 13.1. The number of hydrogen-bond donors (Lipinski definition) is 3. The Kier molecular flexibility index (Phi) is 15.8. The average Bonchev–Trinajstić information content (AvgIpc) is 3.81. The van der Waals surface area contributed by atoms with Crippen LogP contribution in [0.1, 0.15) is 25.2 Å². The van der Waals surface area contributed by atoms with Crippen LogP contribution >= 0.6 is 0 Å². The number of hydrogen-bond acceptors (Lipinski definition) is 17. The molecule has 0 aromatic carbocycles. The Morgan fingerprint density at radius 2 is 1.18 bits per heavy atom. The lowest BCUT2D eigenvalue weighted by Crippen LogP contribution is -2.51. The van der Waals surface area contributed by atoms with Gasteiger partial charge in [-0.25, -0.2) is 9.36 Å². The highest BCUT2D eigenvalue weighted by Gasteiger charge is 2.27. The zero-order chi connectivity index (χ0) is 39.0. The van der Waals surface area contributed by atoms with Crippen molar-refractivity contribution < 1.29 is 34.0 Å². The van der Waals surface area contributed by atoms with Crippen LogP contribution in [0.2, 0.25) is 0 Å². The topological polar surface area (TPSA) is 227 Å². The molecule has 2 aliphatic rings. The molecule has 5 rings (SSSR count). The zero-order valence-corrected chi connectivity index (χ0v) is 31.6. The van der Waals surface area contributed by atoms with Crippen molar-refractivity contribution >= 4 is 29.7 Å². The molecule has 2 atom stereocenters. The van der Waals surface area contributed by atoms with Gasteiger partial charge in [0.15, 0.2) is 0 Å². The van der Waals surface area contributed by atoms with Gasteiger partial charge in [-0.1, -0.05) is 16.3 Å². The fraction of sp³-hybridized carbons (Fsp3) is 0.676. The fourth-order valence-corrected chi connectivity index (χ4v) is 5.93. The summed E-state index contributed by atoms with van der Waals surface area (Å²) in [6, 6.07) is 0. The Morgan fingerprint density at radius 1 is 0.727 bits per heavy atom. The molecule has 2 unspecified atom stereocenters. The molecule has 2 fully saturated rings. The van der Waals surface area contributed by atoms with Crippen LogP contribution in [0.4, 0.5) is 17.8 Å². The number of carbonyl (C=O) groups is 2. The quantitative estimate of drug-likeness (QED) is 0.0765. The predicted octanol–water partition coefficient (Wildman–Crippen LogP) is -2.31. The number of anilines is 3. The summed E-state index contributed by atoms with van der Waals surface area (Å²) in [5.41, 5.74) is 1.26. The molecule has 21 heteroatoms. The first-order chi connectivity index (χ1) is 26.7. The number of aromatic nitrogens is 9. The number of piperazine rings is 2. The second-order valence-electron chi connectivity index (χ2n) is 13.3. The molecule has 0 aliphatic carbocycles. The summed E-state index contributed by atoms with van der Waals surface area (Å²) in [7, 11) is 0. The molecular weight excluding hydrogens is 716 g/mol. The van der Waals surface area contributed by atoms with E-state index in [4.69, 9.17) is 35.6 Å². The second kappa shape index (κ2) is 21.2. The maximum atomic E-state index is 13.1. The molecule has 0 radical (unpaired) electrons. The molecule has 0 spiro atoms. The van der Waals surface area contributed by atoms with E-state index in [1.807, 2.05) is 9.80 Å². The number of ether oxygens (including phenoxy) is 3. The summed E-state index contributed by atoms with van der Waals surface area (Å²) in [6.07, 6.45) is 8.18. The number of rotatable bonds is 21. The van der Waals surface area contributed by atoms with Crippen molar-refractivity contribution in [1.82, 2.24) is 54.7 Å². The Morgan fingerprint density at radius 3 is 1.64 bits per heavy atom. The monoisotopic (exact) mass is 768 g/mol. The summed E-state index contributed by atoms with van der Waals surface area (Å²) in [5, 5.41) is 38.6. The van der Waals surface area contributed by atoms with E-state index in [1.54, 1.807) is 36.0 Å². The minimum absolute atomic E-state index is 0.0588. The number of aliphatic hydroxyl groups excluding tert-OH is 2. The third-order valence-corrected chi connectivity index (χ3v) is 8.68. The molecule has 3 aromatic rings. The average molecular weight is 769 g/mol. The van der Waals surface area contributed by atoms with E-state index >= 15 is 0 Å². The van der Waals surface area contributed by atoms with Gasteiger partial charge in [0.25, 0.3) is 0 Å². The van der Waals surface area contributed by atoms with E-state index in [9.17, 15) is 19.8 Å². The summed E-state index contributed by atoms with van der Waals surface area (Å²) in [6.45, 7) is 10.2. The number of carbonyl (C=O) groups excluding carboxylic acids is 2. The number of amides is 2. The molecule has 3 N–H and O–H groups in total. The van der Waals surface area contributed by atoms with Crippen molar-refractivity contribution in [3.8, 4) is 12.3 Å². The van der Waals surface area contributed by atoms with Crippen LogP contribution in [-0.4, -0.2) is 188 Å². The van der Waals surface area contributed by atoms with Crippen LogP contribution in [0.5, 0.6) is 0 Å². The van der Waals surface area contributed by atoms with Gasteiger partial charge in [0.2, 0.25) is 29.7 Å². The van der Waals surface area contributed by atoms with Gasteiger partial charge in [0.1, 0.15) is 19.7 Å².